The number of thiophene rings is 1. The van der Waals surface area contributed by atoms with Gasteiger partial charge in [0.2, 0.25) is 0 Å². The predicted octanol–water partition coefficient (Wildman–Crippen LogP) is 3.96. The molecule has 0 unspecified atom stereocenters. The number of carboxylic acids is 1. The number of benzene rings is 1. The number of carbonyl (C=O) groups excluding carboxylic acids is 1. The molecule has 0 aliphatic carbocycles. The molecule has 0 saturated carbocycles. The molecule has 1 amide bonds. The average Bonchev–Trinajstić information content (AvgIpc) is 3.27. The number of hydrogen-bond acceptors (Lipinski definition) is 5. The van der Waals surface area contributed by atoms with Gasteiger partial charge in [0.25, 0.3) is 5.91 Å². The second-order valence-electron chi connectivity index (χ2n) is 6.08. The normalized spacial score (nSPS) is 17.8. The molecule has 2 aromatic heterocycles. The van der Waals surface area contributed by atoms with Gasteiger partial charge in [-0.25, -0.2) is 4.98 Å². The Labute approximate surface area is 152 Å². The molecule has 128 valence electrons. The maximum absolute atomic E-state index is 12.7. The number of para-hydroxylation sites is 1. The number of thiazole rings is 1. The van der Waals surface area contributed by atoms with E-state index in [1.165, 1.54) is 11.3 Å². The summed E-state index contributed by atoms with van der Waals surface area (Å²) in [5.41, 5.74) is 0.962. The van der Waals surface area contributed by atoms with Gasteiger partial charge in [0.05, 0.1) is 25.9 Å². The van der Waals surface area contributed by atoms with Crippen molar-refractivity contribution < 1.29 is 14.7 Å². The van der Waals surface area contributed by atoms with E-state index < -0.39 is 11.9 Å². The molecule has 4 rings (SSSR count). The number of aromatic nitrogens is 1. The summed E-state index contributed by atoms with van der Waals surface area (Å²) in [7, 11) is 0. The monoisotopic (exact) mass is 372 g/mol. The zero-order chi connectivity index (χ0) is 17.4. The Hall–Kier alpha value is -2.25. The zero-order valence-corrected chi connectivity index (χ0v) is 15.0. The molecule has 7 heteroatoms. The summed E-state index contributed by atoms with van der Waals surface area (Å²) < 4.78 is 1.12. The summed E-state index contributed by atoms with van der Waals surface area (Å²) in [6.45, 7) is 0.916. The van der Waals surface area contributed by atoms with E-state index >= 15 is 0 Å². The molecule has 1 N–H and O–H groups in total. The minimum absolute atomic E-state index is 0.0803. The van der Waals surface area contributed by atoms with Crippen LogP contribution in [0.25, 0.3) is 20.1 Å². The zero-order valence-electron chi connectivity index (χ0n) is 13.3. The first-order valence-electron chi connectivity index (χ1n) is 8.09. The Morgan fingerprint density at radius 2 is 2.00 bits per heavy atom. The molecule has 0 spiro atoms. The number of fused-ring (bicyclic) bond motifs is 1. The first-order chi connectivity index (χ1) is 12.1. The Kier molecular flexibility index (Phi) is 4.27. The van der Waals surface area contributed by atoms with E-state index in [0.717, 1.165) is 26.5 Å². The van der Waals surface area contributed by atoms with Crippen molar-refractivity contribution >= 4 is 44.8 Å². The molecule has 3 aromatic rings. The number of amides is 1. The smallest absolute Gasteiger partial charge is 0.308 e. The fourth-order valence-electron chi connectivity index (χ4n) is 3.06. The Morgan fingerprint density at radius 1 is 1.16 bits per heavy atom. The first kappa shape index (κ1) is 16.2. The highest BCUT2D eigenvalue weighted by Gasteiger charge is 2.29. The number of piperidine rings is 1. The second-order valence-corrected chi connectivity index (χ2v) is 8.19. The highest BCUT2D eigenvalue weighted by molar-refractivity contribution is 7.26. The Morgan fingerprint density at radius 3 is 2.80 bits per heavy atom. The minimum Gasteiger partial charge on any atom is -0.481 e. The molecule has 1 aliphatic heterocycles. The van der Waals surface area contributed by atoms with E-state index in [0.29, 0.717) is 24.4 Å². The van der Waals surface area contributed by atoms with E-state index in [-0.39, 0.29) is 5.91 Å². The summed E-state index contributed by atoms with van der Waals surface area (Å²) in [5, 5.41) is 10.1. The highest BCUT2D eigenvalue weighted by Crippen LogP contribution is 2.35. The lowest BCUT2D eigenvalue weighted by Gasteiger charge is -2.30. The molecular weight excluding hydrogens is 356 g/mol. The molecule has 1 fully saturated rings. The maximum atomic E-state index is 12.7. The van der Waals surface area contributed by atoms with Crippen LogP contribution in [-0.4, -0.2) is 40.0 Å². The summed E-state index contributed by atoms with van der Waals surface area (Å²) in [5.74, 6) is -1.36. The third-order valence-corrected chi connectivity index (χ3v) is 6.66. The van der Waals surface area contributed by atoms with Crippen LogP contribution in [0.2, 0.25) is 0 Å². The molecule has 5 nitrogen and oxygen atoms in total. The topological polar surface area (TPSA) is 70.5 Å². The van der Waals surface area contributed by atoms with Gasteiger partial charge < -0.3 is 10.0 Å². The summed E-state index contributed by atoms with van der Waals surface area (Å²) in [4.78, 5) is 31.8. The molecule has 3 heterocycles. The van der Waals surface area contributed by atoms with Gasteiger partial charge in [-0.15, -0.1) is 22.7 Å². The van der Waals surface area contributed by atoms with Gasteiger partial charge in [-0.05, 0) is 37.1 Å². The van der Waals surface area contributed by atoms with Crippen LogP contribution in [0.1, 0.15) is 22.5 Å². The van der Waals surface area contributed by atoms with E-state index in [9.17, 15) is 14.7 Å². The largest absolute Gasteiger partial charge is 0.481 e. The van der Waals surface area contributed by atoms with Gasteiger partial charge in [0.1, 0.15) is 5.01 Å². The van der Waals surface area contributed by atoms with Crippen LogP contribution < -0.4 is 0 Å². The van der Waals surface area contributed by atoms with Crippen LogP contribution in [0.5, 0.6) is 0 Å². The van der Waals surface area contributed by atoms with Crippen molar-refractivity contribution in [3.63, 3.8) is 0 Å². The predicted molar refractivity (Wildman–Crippen MR) is 99.2 cm³/mol. The van der Waals surface area contributed by atoms with Crippen LogP contribution in [0, 0.1) is 5.92 Å². The number of carboxylic acid groups (broad SMARTS) is 1. The lowest BCUT2D eigenvalue weighted by Crippen LogP contribution is -2.42. The lowest BCUT2D eigenvalue weighted by molar-refractivity contribution is -0.143. The van der Waals surface area contributed by atoms with E-state index in [4.69, 9.17) is 0 Å². The van der Waals surface area contributed by atoms with Crippen molar-refractivity contribution in [3.05, 3.63) is 41.3 Å². The van der Waals surface area contributed by atoms with E-state index in [1.54, 1.807) is 16.2 Å². The van der Waals surface area contributed by atoms with Crippen LogP contribution in [0.4, 0.5) is 0 Å². The fourth-order valence-corrected chi connectivity index (χ4v) is 5.06. The van der Waals surface area contributed by atoms with Gasteiger partial charge in [-0.1, -0.05) is 12.1 Å². The van der Waals surface area contributed by atoms with Crippen molar-refractivity contribution in [2.45, 2.75) is 12.8 Å². The molecule has 1 aromatic carbocycles. The third kappa shape index (κ3) is 3.17. The van der Waals surface area contributed by atoms with Crippen LogP contribution >= 0.6 is 22.7 Å². The first-order valence-corrected chi connectivity index (χ1v) is 9.73. The van der Waals surface area contributed by atoms with Crippen molar-refractivity contribution in [2.24, 2.45) is 5.92 Å². The molecule has 1 atom stereocenters. The SMILES string of the molecule is O=C(O)[C@H]1CCCN(C(=O)c2ccc(-c3nc4ccccc4s3)s2)C1. The van der Waals surface area contributed by atoms with Crippen molar-refractivity contribution in [2.75, 3.05) is 13.1 Å². The standard InChI is InChI=1S/C18H16N2O3S2/c21-17(20-9-3-4-11(10-20)18(22)23)15-8-7-14(24-15)16-19-12-5-1-2-6-13(12)25-16/h1-2,5-8,11H,3-4,9-10H2,(H,22,23)/t11-/m0/s1. The summed E-state index contributed by atoms with van der Waals surface area (Å²) in [6.07, 6.45) is 1.37. The lowest BCUT2D eigenvalue weighted by atomic mass is 9.98. The van der Waals surface area contributed by atoms with Gasteiger partial charge in [-0.2, -0.15) is 0 Å². The van der Waals surface area contributed by atoms with Crippen LogP contribution in [0.3, 0.4) is 0 Å². The minimum atomic E-state index is -0.821. The highest BCUT2D eigenvalue weighted by atomic mass is 32.1. The van der Waals surface area contributed by atoms with E-state index in [1.807, 2.05) is 36.4 Å². The van der Waals surface area contributed by atoms with Gasteiger partial charge in [0, 0.05) is 13.1 Å². The fraction of sp³-hybridized carbons (Fsp3) is 0.278. The number of likely N-dealkylation sites (tertiary alicyclic amines) is 1. The molecule has 0 radical (unpaired) electrons. The van der Waals surface area contributed by atoms with Crippen LogP contribution in [-0.2, 0) is 4.79 Å². The quantitative estimate of drug-likeness (QED) is 0.755. The molecule has 0 bridgehead atoms. The third-order valence-electron chi connectivity index (χ3n) is 4.38. The number of aliphatic carboxylic acids is 1. The average molecular weight is 372 g/mol. The Bertz CT molecular complexity index is 914. The number of rotatable bonds is 3. The van der Waals surface area contributed by atoms with Crippen molar-refractivity contribution in [1.82, 2.24) is 9.88 Å². The van der Waals surface area contributed by atoms with Gasteiger partial charge in [-0.3, -0.25) is 9.59 Å². The maximum Gasteiger partial charge on any atom is 0.308 e. The van der Waals surface area contributed by atoms with Crippen molar-refractivity contribution in [1.29, 1.82) is 0 Å². The summed E-state index contributed by atoms with van der Waals surface area (Å²) >= 11 is 3.03. The summed E-state index contributed by atoms with van der Waals surface area (Å²) in [6, 6.07) is 11.7. The van der Waals surface area contributed by atoms with Gasteiger partial charge >= 0.3 is 5.97 Å². The molecule has 1 saturated heterocycles. The van der Waals surface area contributed by atoms with Crippen LogP contribution in [0.15, 0.2) is 36.4 Å². The van der Waals surface area contributed by atoms with E-state index in [2.05, 4.69) is 4.98 Å². The number of nitrogens with zero attached hydrogens (tertiary/aromatic N) is 2. The molecule has 1 aliphatic rings. The molecule has 25 heavy (non-hydrogen) atoms. The number of hydrogen-bond donors (Lipinski definition) is 1. The number of carbonyl (C=O) groups is 2. The van der Waals surface area contributed by atoms with Crippen molar-refractivity contribution in [3.8, 4) is 9.88 Å². The Balaban J connectivity index is 1.56. The van der Waals surface area contributed by atoms with Gasteiger partial charge in [0.15, 0.2) is 0 Å². The molecular formula is C18H16N2O3S2. The second kappa shape index (κ2) is 6.57.